The van der Waals surface area contributed by atoms with Gasteiger partial charge >= 0.3 is 0 Å². The molecule has 0 radical (unpaired) electrons. The topological polar surface area (TPSA) is 60.7 Å². The molecule has 0 spiro atoms. The molecule has 2 aromatic carbocycles. The predicted molar refractivity (Wildman–Crippen MR) is 96.2 cm³/mol. The molecule has 1 aromatic heterocycles. The number of nitrogens with one attached hydrogen (secondary N) is 1. The molecule has 124 valence electrons. The van der Waals surface area contributed by atoms with Gasteiger partial charge in [0.15, 0.2) is 5.76 Å². The minimum atomic E-state index is -0.324. The second-order valence-corrected chi connectivity index (χ2v) is 6.17. The van der Waals surface area contributed by atoms with E-state index in [0.29, 0.717) is 22.8 Å². The highest BCUT2D eigenvalue weighted by atomic mass is 79.9. The number of halogens is 1. The van der Waals surface area contributed by atoms with Gasteiger partial charge in [-0.15, -0.1) is 0 Å². The van der Waals surface area contributed by atoms with Crippen molar-refractivity contribution in [2.75, 3.05) is 19.5 Å². The lowest BCUT2D eigenvalue weighted by Crippen LogP contribution is -2.12. The number of ether oxygens (including phenoxy) is 2. The molecule has 3 aromatic rings. The Kier molecular flexibility index (Phi) is 4.49. The Morgan fingerprint density at radius 2 is 1.75 bits per heavy atom. The molecule has 1 heterocycles. The van der Waals surface area contributed by atoms with Crippen LogP contribution in [0.15, 0.2) is 45.3 Å². The number of hydrogen-bond acceptors (Lipinski definition) is 4. The van der Waals surface area contributed by atoms with E-state index in [-0.39, 0.29) is 11.7 Å². The standard InChI is InChI=1S/C18H16BrNO4/c1-10-15-6-11(19)4-5-16(15)24-17(10)18(21)20-12-7-13(22-2)9-14(8-12)23-3/h4-9H,1-3H3,(H,20,21). The first kappa shape index (κ1) is 16.4. The fourth-order valence-electron chi connectivity index (χ4n) is 2.48. The van der Waals surface area contributed by atoms with Crippen molar-refractivity contribution in [3.05, 3.63) is 52.2 Å². The number of benzene rings is 2. The smallest absolute Gasteiger partial charge is 0.291 e. The summed E-state index contributed by atoms with van der Waals surface area (Å²) in [5, 5.41) is 3.72. The average molecular weight is 390 g/mol. The van der Waals surface area contributed by atoms with Crippen LogP contribution in [0.4, 0.5) is 5.69 Å². The van der Waals surface area contributed by atoms with Gasteiger partial charge in [0, 0.05) is 39.3 Å². The molecule has 0 unspecified atom stereocenters. The minimum absolute atomic E-state index is 0.282. The van der Waals surface area contributed by atoms with Crippen molar-refractivity contribution in [2.45, 2.75) is 6.92 Å². The predicted octanol–water partition coefficient (Wildman–Crippen LogP) is 4.77. The SMILES string of the molecule is COc1cc(NC(=O)c2oc3ccc(Br)cc3c2C)cc(OC)c1. The summed E-state index contributed by atoms with van der Waals surface area (Å²) in [5.74, 6) is 1.14. The first-order chi connectivity index (χ1) is 11.5. The quantitative estimate of drug-likeness (QED) is 0.697. The van der Waals surface area contributed by atoms with E-state index in [1.54, 1.807) is 32.4 Å². The van der Waals surface area contributed by atoms with Gasteiger partial charge in [0.25, 0.3) is 5.91 Å². The molecule has 6 heteroatoms. The van der Waals surface area contributed by atoms with Crippen LogP contribution in [0.25, 0.3) is 11.0 Å². The number of carbonyl (C=O) groups is 1. The summed E-state index contributed by atoms with van der Waals surface area (Å²) >= 11 is 3.43. The van der Waals surface area contributed by atoms with Crippen LogP contribution in [0, 0.1) is 6.92 Å². The summed E-state index contributed by atoms with van der Waals surface area (Å²) in [6.45, 7) is 1.86. The molecule has 5 nitrogen and oxygen atoms in total. The fraction of sp³-hybridized carbons (Fsp3) is 0.167. The number of fused-ring (bicyclic) bond motifs is 1. The van der Waals surface area contributed by atoms with Gasteiger partial charge in [-0.05, 0) is 25.1 Å². The lowest BCUT2D eigenvalue weighted by Gasteiger charge is -2.09. The lowest BCUT2D eigenvalue weighted by molar-refractivity contribution is 0.0998. The highest BCUT2D eigenvalue weighted by Gasteiger charge is 2.18. The summed E-state index contributed by atoms with van der Waals surface area (Å²) in [4.78, 5) is 12.6. The maximum absolute atomic E-state index is 12.6. The monoisotopic (exact) mass is 389 g/mol. The number of hydrogen-bond donors (Lipinski definition) is 1. The van der Waals surface area contributed by atoms with E-state index < -0.39 is 0 Å². The van der Waals surface area contributed by atoms with Crippen LogP contribution in [-0.4, -0.2) is 20.1 Å². The maximum Gasteiger partial charge on any atom is 0.291 e. The zero-order chi connectivity index (χ0) is 17.3. The van der Waals surface area contributed by atoms with Gasteiger partial charge in [-0.3, -0.25) is 4.79 Å². The van der Waals surface area contributed by atoms with Gasteiger partial charge in [0.2, 0.25) is 0 Å². The Morgan fingerprint density at radius 1 is 1.08 bits per heavy atom. The van der Waals surface area contributed by atoms with Crippen molar-refractivity contribution in [1.29, 1.82) is 0 Å². The Balaban J connectivity index is 1.94. The molecule has 0 aliphatic rings. The van der Waals surface area contributed by atoms with E-state index in [2.05, 4.69) is 21.2 Å². The Morgan fingerprint density at radius 3 is 2.38 bits per heavy atom. The van der Waals surface area contributed by atoms with E-state index >= 15 is 0 Å². The van der Waals surface area contributed by atoms with Crippen LogP contribution in [0.1, 0.15) is 16.1 Å². The Hall–Kier alpha value is -2.47. The molecule has 0 aliphatic heterocycles. The van der Waals surface area contributed by atoms with Gasteiger partial charge in [0.1, 0.15) is 17.1 Å². The van der Waals surface area contributed by atoms with Crippen molar-refractivity contribution in [2.24, 2.45) is 0 Å². The minimum Gasteiger partial charge on any atom is -0.497 e. The van der Waals surface area contributed by atoms with Gasteiger partial charge in [-0.25, -0.2) is 0 Å². The fourth-order valence-corrected chi connectivity index (χ4v) is 2.84. The molecule has 1 N–H and O–H groups in total. The van der Waals surface area contributed by atoms with E-state index in [1.807, 2.05) is 25.1 Å². The molecule has 24 heavy (non-hydrogen) atoms. The van der Waals surface area contributed by atoms with Crippen LogP contribution in [-0.2, 0) is 0 Å². The summed E-state index contributed by atoms with van der Waals surface area (Å²) in [7, 11) is 3.11. The van der Waals surface area contributed by atoms with Crippen molar-refractivity contribution in [1.82, 2.24) is 0 Å². The largest absolute Gasteiger partial charge is 0.497 e. The molecule has 0 saturated carbocycles. The number of carbonyl (C=O) groups excluding carboxylic acids is 1. The number of amides is 1. The molecular weight excluding hydrogens is 374 g/mol. The summed E-state index contributed by atoms with van der Waals surface area (Å²) in [6.07, 6.45) is 0. The second kappa shape index (κ2) is 6.57. The number of anilines is 1. The van der Waals surface area contributed by atoms with Crippen LogP contribution >= 0.6 is 15.9 Å². The van der Waals surface area contributed by atoms with Crippen molar-refractivity contribution in [3.63, 3.8) is 0 Å². The van der Waals surface area contributed by atoms with Gasteiger partial charge in [0.05, 0.1) is 14.2 Å². The third-order valence-corrected chi connectivity index (χ3v) is 4.21. The molecule has 0 bridgehead atoms. The summed E-state index contributed by atoms with van der Waals surface area (Å²) in [6, 6.07) is 10.8. The maximum atomic E-state index is 12.6. The molecule has 0 fully saturated rings. The summed E-state index contributed by atoms with van der Waals surface area (Å²) < 4.78 is 17.1. The van der Waals surface area contributed by atoms with Crippen LogP contribution in [0.5, 0.6) is 11.5 Å². The normalized spacial score (nSPS) is 10.7. The Labute approximate surface area is 147 Å². The zero-order valence-electron chi connectivity index (χ0n) is 13.5. The van der Waals surface area contributed by atoms with Gasteiger partial charge in [-0.2, -0.15) is 0 Å². The third kappa shape index (κ3) is 3.10. The lowest BCUT2D eigenvalue weighted by atomic mass is 10.1. The molecule has 1 amide bonds. The number of aryl methyl sites for hydroxylation is 1. The zero-order valence-corrected chi connectivity index (χ0v) is 15.1. The molecule has 3 rings (SSSR count). The van der Waals surface area contributed by atoms with Crippen LogP contribution in [0.2, 0.25) is 0 Å². The van der Waals surface area contributed by atoms with Crippen molar-refractivity contribution < 1.29 is 18.7 Å². The van der Waals surface area contributed by atoms with E-state index in [0.717, 1.165) is 15.4 Å². The van der Waals surface area contributed by atoms with E-state index in [4.69, 9.17) is 13.9 Å². The first-order valence-corrected chi connectivity index (χ1v) is 8.04. The molecular formula is C18H16BrNO4. The molecule has 0 saturated heterocycles. The number of methoxy groups -OCH3 is 2. The van der Waals surface area contributed by atoms with Crippen LogP contribution in [0.3, 0.4) is 0 Å². The van der Waals surface area contributed by atoms with E-state index in [9.17, 15) is 4.79 Å². The van der Waals surface area contributed by atoms with Gasteiger partial charge in [-0.1, -0.05) is 15.9 Å². The van der Waals surface area contributed by atoms with Crippen LogP contribution < -0.4 is 14.8 Å². The van der Waals surface area contributed by atoms with Gasteiger partial charge < -0.3 is 19.2 Å². The third-order valence-electron chi connectivity index (χ3n) is 3.71. The van der Waals surface area contributed by atoms with Crippen molar-refractivity contribution in [3.8, 4) is 11.5 Å². The Bertz CT molecular complexity index is 895. The summed E-state index contributed by atoms with van der Waals surface area (Å²) in [5.41, 5.74) is 2.03. The molecule has 0 atom stereocenters. The molecule has 0 aliphatic carbocycles. The highest BCUT2D eigenvalue weighted by Crippen LogP contribution is 2.30. The number of furan rings is 1. The average Bonchev–Trinajstić information content (AvgIpc) is 2.91. The first-order valence-electron chi connectivity index (χ1n) is 7.25. The highest BCUT2D eigenvalue weighted by molar-refractivity contribution is 9.10. The van der Waals surface area contributed by atoms with Crippen molar-refractivity contribution >= 4 is 38.5 Å². The second-order valence-electron chi connectivity index (χ2n) is 5.25. The number of rotatable bonds is 4. The van der Waals surface area contributed by atoms with E-state index in [1.165, 1.54) is 0 Å².